The molecule has 28 heavy (non-hydrogen) atoms. The molecule has 2 aliphatic heterocycles. The summed E-state index contributed by atoms with van der Waals surface area (Å²) in [5.74, 6) is 0.415. The molecule has 4 rings (SSSR count). The Morgan fingerprint density at radius 1 is 1.07 bits per heavy atom. The Morgan fingerprint density at radius 3 is 2.57 bits per heavy atom. The van der Waals surface area contributed by atoms with Crippen LogP contribution in [0.25, 0.3) is 0 Å². The molecule has 2 fully saturated rings. The van der Waals surface area contributed by atoms with Crippen molar-refractivity contribution in [3.05, 3.63) is 54.3 Å². The van der Waals surface area contributed by atoms with Crippen molar-refractivity contribution in [2.75, 3.05) is 49.6 Å². The molecule has 6 nitrogen and oxygen atoms in total. The number of benzene rings is 2. The normalized spacial score (nSPS) is 19.5. The highest BCUT2D eigenvalue weighted by Crippen LogP contribution is 2.27. The van der Waals surface area contributed by atoms with E-state index in [0.29, 0.717) is 56.5 Å². The molecule has 2 saturated heterocycles. The van der Waals surface area contributed by atoms with E-state index in [9.17, 15) is 9.18 Å². The van der Waals surface area contributed by atoms with E-state index in [-0.39, 0.29) is 18.0 Å². The number of carbonyl (C=O) groups excluding carboxylic acids is 1. The number of rotatable bonds is 4. The number of nitrogens with zero attached hydrogens (tertiary/aromatic N) is 2. The molecule has 0 unspecified atom stereocenters. The highest BCUT2D eigenvalue weighted by atomic mass is 19.1. The zero-order valence-electron chi connectivity index (χ0n) is 15.6. The molecule has 0 aromatic heterocycles. The van der Waals surface area contributed by atoms with Crippen molar-refractivity contribution in [1.82, 2.24) is 4.90 Å². The number of piperazine rings is 1. The fourth-order valence-electron chi connectivity index (χ4n) is 3.51. The van der Waals surface area contributed by atoms with Crippen LogP contribution in [-0.2, 0) is 4.74 Å². The Bertz CT molecular complexity index is 818. The standard InChI is InChI=1S/C21H24FN3O3/c22-17-5-1-3-7-19(17)24-10-12-25(13-11-24)21(26)23-18-6-2-4-8-20(18)28-16-9-14-27-15-16/h1-8,16H,9-15H2,(H,23,26)/t16-/m1/s1. The summed E-state index contributed by atoms with van der Waals surface area (Å²) in [6.07, 6.45) is 0.864. The predicted molar refractivity (Wildman–Crippen MR) is 105 cm³/mol. The number of halogens is 1. The number of para-hydroxylation sites is 3. The molecular weight excluding hydrogens is 361 g/mol. The van der Waals surface area contributed by atoms with Crippen LogP contribution in [0.1, 0.15) is 6.42 Å². The van der Waals surface area contributed by atoms with Crippen LogP contribution in [0.5, 0.6) is 5.75 Å². The van der Waals surface area contributed by atoms with Gasteiger partial charge in [0.1, 0.15) is 17.7 Å². The van der Waals surface area contributed by atoms with E-state index in [1.807, 2.05) is 35.2 Å². The van der Waals surface area contributed by atoms with Gasteiger partial charge in [-0.15, -0.1) is 0 Å². The van der Waals surface area contributed by atoms with Crippen molar-refractivity contribution in [3.63, 3.8) is 0 Å². The van der Waals surface area contributed by atoms with Crippen molar-refractivity contribution in [2.24, 2.45) is 0 Å². The van der Waals surface area contributed by atoms with Gasteiger partial charge in [0.25, 0.3) is 0 Å². The molecule has 7 heteroatoms. The quantitative estimate of drug-likeness (QED) is 0.877. The molecule has 0 aliphatic carbocycles. The average molecular weight is 385 g/mol. The molecule has 2 aliphatic rings. The van der Waals surface area contributed by atoms with E-state index in [1.165, 1.54) is 6.07 Å². The third kappa shape index (κ3) is 4.20. The summed E-state index contributed by atoms with van der Waals surface area (Å²) < 4.78 is 25.3. The second-order valence-corrected chi connectivity index (χ2v) is 6.96. The van der Waals surface area contributed by atoms with Crippen molar-refractivity contribution >= 4 is 17.4 Å². The first kappa shape index (κ1) is 18.6. The number of urea groups is 1. The van der Waals surface area contributed by atoms with Gasteiger partial charge in [-0.2, -0.15) is 0 Å². The van der Waals surface area contributed by atoms with Crippen LogP contribution in [0.4, 0.5) is 20.6 Å². The fourth-order valence-corrected chi connectivity index (χ4v) is 3.51. The van der Waals surface area contributed by atoms with Gasteiger partial charge in [-0.25, -0.2) is 9.18 Å². The molecule has 2 heterocycles. The first-order valence-corrected chi connectivity index (χ1v) is 9.59. The minimum Gasteiger partial charge on any atom is -0.486 e. The number of carbonyl (C=O) groups is 1. The lowest BCUT2D eigenvalue weighted by Gasteiger charge is -2.36. The Kier molecular flexibility index (Phi) is 5.62. The van der Waals surface area contributed by atoms with E-state index in [4.69, 9.17) is 9.47 Å². The Hall–Kier alpha value is -2.80. The van der Waals surface area contributed by atoms with Gasteiger partial charge >= 0.3 is 6.03 Å². The lowest BCUT2D eigenvalue weighted by Crippen LogP contribution is -2.50. The molecule has 0 radical (unpaired) electrons. The zero-order chi connectivity index (χ0) is 19.3. The summed E-state index contributed by atoms with van der Waals surface area (Å²) in [5, 5.41) is 2.95. The third-order valence-electron chi connectivity index (χ3n) is 5.07. The van der Waals surface area contributed by atoms with Crippen molar-refractivity contribution in [1.29, 1.82) is 0 Å². The predicted octanol–water partition coefficient (Wildman–Crippen LogP) is 3.35. The van der Waals surface area contributed by atoms with Gasteiger partial charge in [0.2, 0.25) is 0 Å². The summed E-state index contributed by atoms with van der Waals surface area (Å²) in [6, 6.07) is 14.0. The average Bonchev–Trinajstić information content (AvgIpc) is 3.23. The van der Waals surface area contributed by atoms with Gasteiger partial charge in [0, 0.05) is 32.6 Å². The number of ether oxygens (including phenoxy) is 2. The number of nitrogens with one attached hydrogen (secondary N) is 1. The van der Waals surface area contributed by atoms with Gasteiger partial charge in [0.15, 0.2) is 0 Å². The highest BCUT2D eigenvalue weighted by molar-refractivity contribution is 5.91. The van der Waals surface area contributed by atoms with E-state index in [1.54, 1.807) is 17.0 Å². The Balaban J connectivity index is 1.35. The second kappa shape index (κ2) is 8.48. The minimum atomic E-state index is -0.234. The second-order valence-electron chi connectivity index (χ2n) is 6.96. The van der Waals surface area contributed by atoms with Gasteiger partial charge in [-0.05, 0) is 24.3 Å². The Labute approximate surface area is 163 Å². The highest BCUT2D eigenvalue weighted by Gasteiger charge is 2.24. The van der Waals surface area contributed by atoms with E-state index in [0.717, 1.165) is 6.42 Å². The van der Waals surface area contributed by atoms with Crippen LogP contribution in [0, 0.1) is 5.82 Å². The summed E-state index contributed by atoms with van der Waals surface area (Å²) in [7, 11) is 0. The fraction of sp³-hybridized carbons (Fsp3) is 0.381. The summed E-state index contributed by atoms with van der Waals surface area (Å²) >= 11 is 0. The molecule has 0 bridgehead atoms. The minimum absolute atomic E-state index is 0.0161. The monoisotopic (exact) mass is 385 g/mol. The van der Waals surface area contributed by atoms with Crippen LogP contribution >= 0.6 is 0 Å². The molecule has 2 amide bonds. The number of hydrogen-bond donors (Lipinski definition) is 1. The van der Waals surface area contributed by atoms with Crippen LogP contribution < -0.4 is 15.0 Å². The van der Waals surface area contributed by atoms with Crippen molar-refractivity contribution in [3.8, 4) is 5.75 Å². The first-order valence-electron chi connectivity index (χ1n) is 9.59. The van der Waals surface area contributed by atoms with Gasteiger partial charge in [-0.1, -0.05) is 24.3 Å². The van der Waals surface area contributed by atoms with Gasteiger partial charge < -0.3 is 24.6 Å². The SMILES string of the molecule is O=C(Nc1ccccc1O[C@@H]1CCOC1)N1CCN(c2ccccc2F)CC1. The summed E-state index contributed by atoms with van der Waals surface area (Å²) in [6.45, 7) is 3.50. The maximum atomic E-state index is 14.0. The van der Waals surface area contributed by atoms with E-state index in [2.05, 4.69) is 5.32 Å². The molecule has 1 N–H and O–H groups in total. The maximum absolute atomic E-state index is 14.0. The van der Waals surface area contributed by atoms with Crippen LogP contribution in [0.2, 0.25) is 0 Å². The lowest BCUT2D eigenvalue weighted by atomic mass is 10.2. The lowest BCUT2D eigenvalue weighted by molar-refractivity contribution is 0.142. The molecule has 2 aromatic carbocycles. The number of amides is 2. The zero-order valence-corrected chi connectivity index (χ0v) is 15.6. The first-order chi connectivity index (χ1) is 13.7. The molecule has 148 valence electrons. The Morgan fingerprint density at radius 2 is 1.82 bits per heavy atom. The summed E-state index contributed by atoms with van der Waals surface area (Å²) in [5.41, 5.74) is 1.23. The van der Waals surface area contributed by atoms with Gasteiger partial charge in [-0.3, -0.25) is 0 Å². The number of hydrogen-bond acceptors (Lipinski definition) is 4. The molecule has 1 atom stereocenters. The molecular formula is C21H24FN3O3. The van der Waals surface area contributed by atoms with Crippen LogP contribution in [-0.4, -0.2) is 56.4 Å². The summed E-state index contributed by atoms with van der Waals surface area (Å²) in [4.78, 5) is 16.4. The number of anilines is 2. The van der Waals surface area contributed by atoms with E-state index >= 15 is 0 Å². The third-order valence-corrected chi connectivity index (χ3v) is 5.07. The smallest absolute Gasteiger partial charge is 0.322 e. The molecule has 0 spiro atoms. The maximum Gasteiger partial charge on any atom is 0.322 e. The van der Waals surface area contributed by atoms with E-state index < -0.39 is 0 Å². The van der Waals surface area contributed by atoms with Gasteiger partial charge in [0.05, 0.1) is 24.6 Å². The largest absolute Gasteiger partial charge is 0.486 e. The molecule has 0 saturated carbocycles. The van der Waals surface area contributed by atoms with Crippen molar-refractivity contribution < 1.29 is 18.7 Å². The van der Waals surface area contributed by atoms with Crippen LogP contribution in [0.15, 0.2) is 48.5 Å². The van der Waals surface area contributed by atoms with Crippen molar-refractivity contribution in [2.45, 2.75) is 12.5 Å². The van der Waals surface area contributed by atoms with Crippen LogP contribution in [0.3, 0.4) is 0 Å². The molecule has 2 aromatic rings. The topological polar surface area (TPSA) is 54.0 Å².